The molecule has 0 radical (unpaired) electrons. The number of halogens is 1. The van der Waals surface area contributed by atoms with Crippen LogP contribution in [0.3, 0.4) is 0 Å². The van der Waals surface area contributed by atoms with Crippen LogP contribution >= 0.6 is 11.6 Å². The first-order valence-corrected chi connectivity index (χ1v) is 4.88. The van der Waals surface area contributed by atoms with Crippen molar-refractivity contribution in [2.24, 2.45) is 4.99 Å². The van der Waals surface area contributed by atoms with Gasteiger partial charge < -0.3 is 5.32 Å². The minimum absolute atomic E-state index is 0.735. The van der Waals surface area contributed by atoms with E-state index < -0.39 is 0 Å². The van der Waals surface area contributed by atoms with Gasteiger partial charge in [0.1, 0.15) is 5.84 Å². The Labute approximate surface area is 88.3 Å². The van der Waals surface area contributed by atoms with Crippen LogP contribution in [0.5, 0.6) is 0 Å². The Bertz CT molecular complexity index is 408. The Balaban J connectivity index is 2.28. The van der Waals surface area contributed by atoms with E-state index in [1.165, 1.54) is 0 Å². The van der Waals surface area contributed by atoms with Gasteiger partial charge in [-0.15, -0.1) is 0 Å². The molecule has 14 heavy (non-hydrogen) atoms. The average molecular weight is 207 g/mol. The second-order valence-corrected chi connectivity index (χ2v) is 3.65. The topological polar surface area (TPSA) is 24.4 Å². The van der Waals surface area contributed by atoms with Crippen LogP contribution in [0.2, 0.25) is 5.02 Å². The van der Waals surface area contributed by atoms with Crippen molar-refractivity contribution in [1.82, 2.24) is 5.32 Å². The first-order valence-electron chi connectivity index (χ1n) is 4.50. The molecule has 0 atom stereocenters. The molecule has 0 spiro atoms. The smallest absolute Gasteiger partial charge is 0.132 e. The number of benzene rings is 1. The van der Waals surface area contributed by atoms with E-state index in [4.69, 9.17) is 11.6 Å². The summed E-state index contributed by atoms with van der Waals surface area (Å²) in [6.07, 6.45) is 2.05. The lowest BCUT2D eigenvalue weighted by atomic mass is 10.2. The maximum absolute atomic E-state index is 5.90. The molecule has 2 nitrogen and oxygen atoms in total. The zero-order valence-corrected chi connectivity index (χ0v) is 8.67. The fourth-order valence-electron chi connectivity index (χ4n) is 1.35. The normalized spacial score (nSPS) is 15.6. The molecule has 1 N–H and O–H groups in total. The first kappa shape index (κ1) is 9.28. The Morgan fingerprint density at radius 3 is 3.00 bits per heavy atom. The summed E-state index contributed by atoms with van der Waals surface area (Å²) in [6, 6.07) is 7.69. The highest BCUT2D eigenvalue weighted by atomic mass is 35.5. The molecule has 1 aromatic carbocycles. The Hall–Kier alpha value is -1.28. The van der Waals surface area contributed by atoms with Crippen molar-refractivity contribution in [3.63, 3.8) is 0 Å². The number of hydrogen-bond donors (Lipinski definition) is 1. The highest BCUT2D eigenvalue weighted by Gasteiger charge is 2.06. The van der Waals surface area contributed by atoms with E-state index in [0.29, 0.717) is 0 Å². The summed E-state index contributed by atoms with van der Waals surface area (Å²) in [7, 11) is 0. The molecule has 2 rings (SSSR count). The van der Waals surface area contributed by atoms with E-state index in [9.17, 15) is 0 Å². The van der Waals surface area contributed by atoms with Gasteiger partial charge in [0.05, 0.1) is 6.54 Å². The number of allylic oxidation sites excluding steroid dienone is 1. The molecule has 0 saturated carbocycles. The van der Waals surface area contributed by atoms with Crippen molar-refractivity contribution < 1.29 is 0 Å². The van der Waals surface area contributed by atoms with Crippen LogP contribution in [-0.4, -0.2) is 12.4 Å². The molecule has 0 bridgehead atoms. The molecule has 1 aromatic rings. The number of aliphatic imine (C=N–C) groups is 1. The zero-order chi connectivity index (χ0) is 9.97. The summed E-state index contributed by atoms with van der Waals surface area (Å²) in [5, 5.41) is 3.95. The van der Waals surface area contributed by atoms with Crippen LogP contribution in [0.4, 0.5) is 0 Å². The summed E-state index contributed by atoms with van der Waals surface area (Å²) < 4.78 is 0. The Morgan fingerprint density at radius 2 is 2.29 bits per heavy atom. The minimum Gasteiger partial charge on any atom is -0.344 e. The predicted octanol–water partition coefficient (Wildman–Crippen LogP) is 2.59. The number of amidine groups is 1. The average Bonchev–Trinajstić information content (AvgIpc) is 2.18. The number of rotatable bonds is 1. The third-order valence-electron chi connectivity index (χ3n) is 2.06. The van der Waals surface area contributed by atoms with Gasteiger partial charge in [0.25, 0.3) is 0 Å². The van der Waals surface area contributed by atoms with Gasteiger partial charge in [-0.05, 0) is 25.1 Å². The number of hydrogen-bond acceptors (Lipinski definition) is 2. The van der Waals surface area contributed by atoms with Gasteiger partial charge in [-0.1, -0.05) is 23.7 Å². The van der Waals surface area contributed by atoms with E-state index in [0.717, 1.165) is 28.7 Å². The molecule has 0 fully saturated rings. The Morgan fingerprint density at radius 1 is 1.43 bits per heavy atom. The van der Waals surface area contributed by atoms with Gasteiger partial charge in [-0.3, -0.25) is 4.99 Å². The van der Waals surface area contributed by atoms with Crippen LogP contribution in [0.15, 0.2) is 41.0 Å². The van der Waals surface area contributed by atoms with E-state index in [1.807, 2.05) is 37.3 Å². The summed E-state index contributed by atoms with van der Waals surface area (Å²) >= 11 is 5.90. The van der Waals surface area contributed by atoms with E-state index in [1.54, 1.807) is 0 Å². The molecular formula is C11H11ClN2. The van der Waals surface area contributed by atoms with Gasteiger partial charge in [0, 0.05) is 16.3 Å². The number of nitrogens with zero attached hydrogens (tertiary/aromatic N) is 1. The van der Waals surface area contributed by atoms with Crippen molar-refractivity contribution in [1.29, 1.82) is 0 Å². The third kappa shape index (κ3) is 1.96. The summed E-state index contributed by atoms with van der Waals surface area (Å²) in [4.78, 5) is 4.36. The maximum atomic E-state index is 5.90. The minimum atomic E-state index is 0.735. The first-order chi connectivity index (χ1) is 6.75. The monoisotopic (exact) mass is 206 g/mol. The number of nitrogens with one attached hydrogen (secondary N) is 1. The van der Waals surface area contributed by atoms with Crippen LogP contribution in [-0.2, 0) is 0 Å². The van der Waals surface area contributed by atoms with Crippen LogP contribution < -0.4 is 5.32 Å². The molecule has 1 aliphatic heterocycles. The molecule has 0 unspecified atom stereocenters. The van der Waals surface area contributed by atoms with Crippen LogP contribution in [0.1, 0.15) is 12.5 Å². The lowest BCUT2D eigenvalue weighted by molar-refractivity contribution is 1.01. The molecular weight excluding hydrogens is 196 g/mol. The zero-order valence-electron chi connectivity index (χ0n) is 7.92. The van der Waals surface area contributed by atoms with E-state index in [-0.39, 0.29) is 0 Å². The summed E-state index contributed by atoms with van der Waals surface area (Å²) in [5.74, 6) is 0.896. The maximum Gasteiger partial charge on any atom is 0.132 e. The second-order valence-electron chi connectivity index (χ2n) is 3.21. The molecule has 1 aliphatic rings. The fraction of sp³-hybridized carbons (Fsp3) is 0.182. The van der Waals surface area contributed by atoms with Crippen molar-refractivity contribution in [3.05, 3.63) is 46.6 Å². The van der Waals surface area contributed by atoms with Crippen molar-refractivity contribution in [2.75, 3.05) is 6.54 Å². The van der Waals surface area contributed by atoms with Gasteiger partial charge >= 0.3 is 0 Å². The SMILES string of the molecule is CC1=CCN=C(c2cccc(Cl)c2)N1. The Kier molecular flexibility index (Phi) is 2.55. The molecule has 3 heteroatoms. The van der Waals surface area contributed by atoms with Crippen molar-refractivity contribution in [2.45, 2.75) is 6.92 Å². The lowest BCUT2D eigenvalue weighted by Crippen LogP contribution is -2.25. The van der Waals surface area contributed by atoms with Gasteiger partial charge in [-0.2, -0.15) is 0 Å². The summed E-state index contributed by atoms with van der Waals surface area (Å²) in [5.41, 5.74) is 2.17. The highest BCUT2D eigenvalue weighted by molar-refractivity contribution is 6.31. The van der Waals surface area contributed by atoms with Crippen molar-refractivity contribution in [3.8, 4) is 0 Å². The third-order valence-corrected chi connectivity index (χ3v) is 2.30. The summed E-state index contributed by atoms with van der Waals surface area (Å²) in [6.45, 7) is 2.76. The standard InChI is InChI=1S/C11H11ClN2/c1-8-5-6-13-11(14-8)9-3-2-4-10(12)7-9/h2-5,7H,6H2,1H3,(H,13,14). The molecule has 72 valence electrons. The van der Waals surface area contributed by atoms with Gasteiger partial charge in [-0.25, -0.2) is 0 Å². The molecule has 0 aliphatic carbocycles. The molecule has 0 amide bonds. The van der Waals surface area contributed by atoms with E-state index in [2.05, 4.69) is 10.3 Å². The molecule has 0 aromatic heterocycles. The van der Waals surface area contributed by atoms with Gasteiger partial charge in [0.15, 0.2) is 0 Å². The quantitative estimate of drug-likeness (QED) is 0.751. The van der Waals surface area contributed by atoms with Crippen molar-refractivity contribution >= 4 is 17.4 Å². The molecule has 0 saturated heterocycles. The fourth-order valence-corrected chi connectivity index (χ4v) is 1.54. The second kappa shape index (κ2) is 3.84. The van der Waals surface area contributed by atoms with Crippen LogP contribution in [0, 0.1) is 0 Å². The van der Waals surface area contributed by atoms with Crippen LogP contribution in [0.25, 0.3) is 0 Å². The lowest BCUT2D eigenvalue weighted by Gasteiger charge is -2.14. The highest BCUT2D eigenvalue weighted by Crippen LogP contribution is 2.12. The predicted molar refractivity (Wildman–Crippen MR) is 59.7 cm³/mol. The van der Waals surface area contributed by atoms with E-state index >= 15 is 0 Å². The van der Waals surface area contributed by atoms with Gasteiger partial charge in [0.2, 0.25) is 0 Å². The molecule has 1 heterocycles. The largest absolute Gasteiger partial charge is 0.344 e.